The molecule has 1 aromatic rings. The van der Waals surface area contributed by atoms with E-state index >= 15 is 0 Å². The van der Waals surface area contributed by atoms with Crippen LogP contribution in [0, 0.1) is 22.7 Å². The molecule has 0 atom stereocenters. The monoisotopic (exact) mass is 413 g/mol. The molecule has 7 heteroatoms. The van der Waals surface area contributed by atoms with Crippen LogP contribution in [-0.2, 0) is 12.3 Å². The Bertz CT molecular complexity index is 766. The van der Waals surface area contributed by atoms with Crippen molar-refractivity contribution < 1.29 is 4.42 Å². The third kappa shape index (κ3) is 5.72. The van der Waals surface area contributed by atoms with Crippen LogP contribution in [0.4, 0.5) is 0 Å². The fourth-order valence-electron chi connectivity index (χ4n) is 4.04. The van der Waals surface area contributed by atoms with Crippen LogP contribution in [0.3, 0.4) is 0 Å². The van der Waals surface area contributed by atoms with Crippen LogP contribution in [0.5, 0.6) is 0 Å². The Morgan fingerprint density at radius 1 is 1.07 bits per heavy atom. The highest BCUT2D eigenvalue weighted by Gasteiger charge is 2.29. The minimum absolute atomic E-state index is 0.217. The van der Waals surface area contributed by atoms with Crippen LogP contribution < -0.4 is 0 Å². The van der Waals surface area contributed by atoms with Gasteiger partial charge >= 0.3 is 0 Å². The minimum atomic E-state index is 0.217. The average Bonchev–Trinajstić information content (AvgIpc) is 3.34. The van der Waals surface area contributed by atoms with E-state index < -0.39 is 0 Å². The van der Waals surface area contributed by atoms with E-state index in [9.17, 15) is 10.5 Å². The lowest BCUT2D eigenvalue weighted by Gasteiger charge is -2.27. The summed E-state index contributed by atoms with van der Waals surface area (Å²) in [6.07, 6.45) is 3.94. The van der Waals surface area contributed by atoms with Crippen molar-refractivity contribution in [1.29, 1.82) is 10.5 Å². The van der Waals surface area contributed by atoms with E-state index in [1.165, 1.54) is 32.4 Å². The van der Waals surface area contributed by atoms with Crippen molar-refractivity contribution in [3.63, 3.8) is 0 Å². The molecule has 0 radical (unpaired) electrons. The Labute approximate surface area is 178 Å². The number of allylic oxidation sites excluding steroid dienone is 1. The normalized spacial score (nSPS) is 17.6. The molecule has 6 nitrogen and oxygen atoms in total. The van der Waals surface area contributed by atoms with Crippen LogP contribution in [0.25, 0.3) is 0 Å². The third-order valence-corrected chi connectivity index (χ3v) is 6.51. The molecule has 1 aromatic heterocycles. The van der Waals surface area contributed by atoms with Crippen LogP contribution in [-0.4, -0.2) is 59.2 Å². The molecule has 0 unspecified atom stereocenters. The largest absolute Gasteiger partial charge is 0.464 e. The van der Waals surface area contributed by atoms with Gasteiger partial charge in [-0.05, 0) is 51.9 Å². The first kappa shape index (κ1) is 21.6. The number of piperidine rings is 1. The molecule has 2 aliphatic rings. The highest BCUT2D eigenvalue weighted by atomic mass is 32.2. The van der Waals surface area contributed by atoms with Crippen LogP contribution >= 0.6 is 11.8 Å². The zero-order valence-electron chi connectivity index (χ0n) is 17.6. The number of hydrogen-bond donors (Lipinski definition) is 0. The van der Waals surface area contributed by atoms with Crippen molar-refractivity contribution in [1.82, 2.24) is 14.7 Å². The molecule has 2 aliphatic heterocycles. The van der Waals surface area contributed by atoms with Gasteiger partial charge in [-0.2, -0.15) is 22.3 Å². The lowest BCUT2D eigenvalue weighted by atomic mass is 10.1. The number of thioether (sulfide) groups is 1. The van der Waals surface area contributed by atoms with Crippen LogP contribution in [0.15, 0.2) is 27.9 Å². The summed E-state index contributed by atoms with van der Waals surface area (Å²) in [5.41, 5.74) is 0.217. The molecule has 3 heterocycles. The predicted octanol–water partition coefficient (Wildman–Crippen LogP) is 3.78. The van der Waals surface area contributed by atoms with Crippen molar-refractivity contribution in [2.24, 2.45) is 0 Å². The molecule has 156 valence electrons. The molecule has 3 rings (SSSR count). The maximum Gasteiger partial charge on any atom is 0.169 e. The predicted molar refractivity (Wildman–Crippen MR) is 116 cm³/mol. The number of furan rings is 1. The van der Waals surface area contributed by atoms with Gasteiger partial charge in [0.25, 0.3) is 0 Å². The maximum absolute atomic E-state index is 9.34. The molecule has 29 heavy (non-hydrogen) atoms. The molecular formula is C22H31N5OS. The quantitative estimate of drug-likeness (QED) is 0.474. The van der Waals surface area contributed by atoms with Gasteiger partial charge in [-0.3, -0.25) is 4.90 Å². The first-order valence-corrected chi connectivity index (χ1v) is 11.7. The highest BCUT2D eigenvalue weighted by molar-refractivity contribution is 7.98. The summed E-state index contributed by atoms with van der Waals surface area (Å²) in [5, 5.41) is 18.7. The van der Waals surface area contributed by atoms with Gasteiger partial charge < -0.3 is 14.2 Å². The standard InChI is InChI=1S/C22H31N5OS/c1-18(2)27-11-10-26(22(27)19(14-23)15-24)12-13-29-17-21-7-6-20(28-21)16-25-8-4-3-5-9-25/h6-7,18H,3-5,8-13,16-17H2,1-2H3. The molecule has 0 N–H and O–H groups in total. The maximum atomic E-state index is 9.34. The number of likely N-dealkylation sites (tertiary alicyclic amines) is 1. The van der Waals surface area contributed by atoms with Gasteiger partial charge in [-0.1, -0.05) is 6.42 Å². The second-order valence-corrected chi connectivity index (χ2v) is 9.06. The summed E-state index contributed by atoms with van der Waals surface area (Å²) in [4.78, 5) is 6.81. The number of nitriles is 2. The van der Waals surface area contributed by atoms with E-state index in [0.717, 1.165) is 55.0 Å². The summed E-state index contributed by atoms with van der Waals surface area (Å²) >= 11 is 1.84. The van der Waals surface area contributed by atoms with E-state index in [-0.39, 0.29) is 11.6 Å². The Morgan fingerprint density at radius 3 is 2.48 bits per heavy atom. The summed E-state index contributed by atoms with van der Waals surface area (Å²) in [7, 11) is 0. The van der Waals surface area contributed by atoms with E-state index in [2.05, 4.69) is 52.8 Å². The van der Waals surface area contributed by atoms with Crippen molar-refractivity contribution in [3.8, 4) is 12.1 Å². The van der Waals surface area contributed by atoms with Gasteiger partial charge in [0.05, 0.1) is 12.3 Å². The third-order valence-electron chi connectivity index (χ3n) is 5.55. The van der Waals surface area contributed by atoms with E-state index in [1.54, 1.807) is 0 Å². The molecular weight excluding hydrogens is 382 g/mol. The van der Waals surface area contributed by atoms with Crippen LogP contribution in [0.2, 0.25) is 0 Å². The average molecular weight is 414 g/mol. The lowest BCUT2D eigenvalue weighted by molar-refractivity contribution is 0.204. The summed E-state index contributed by atoms with van der Waals surface area (Å²) in [5.74, 6) is 4.67. The summed E-state index contributed by atoms with van der Waals surface area (Å²) < 4.78 is 6.02. The van der Waals surface area contributed by atoms with Gasteiger partial charge in [-0.15, -0.1) is 0 Å². The number of rotatable bonds is 8. The van der Waals surface area contributed by atoms with E-state index in [0.29, 0.717) is 0 Å². The van der Waals surface area contributed by atoms with E-state index in [4.69, 9.17) is 4.42 Å². The Balaban J connectivity index is 1.47. The molecule has 0 bridgehead atoms. The van der Waals surface area contributed by atoms with Gasteiger partial charge in [0, 0.05) is 31.4 Å². The number of nitrogens with zero attached hydrogens (tertiary/aromatic N) is 5. The zero-order chi connectivity index (χ0) is 20.6. The SMILES string of the molecule is CC(C)N1CCN(CCSCc2ccc(CN3CCCCC3)o2)C1=C(C#N)C#N. The second kappa shape index (κ2) is 10.6. The highest BCUT2D eigenvalue weighted by Crippen LogP contribution is 2.25. The second-order valence-electron chi connectivity index (χ2n) is 7.95. The fraction of sp³-hybridized carbons (Fsp3) is 0.636. The molecule has 0 aliphatic carbocycles. The summed E-state index contributed by atoms with van der Waals surface area (Å²) in [6, 6.07) is 8.62. The zero-order valence-corrected chi connectivity index (χ0v) is 18.4. The first-order chi connectivity index (χ1) is 14.1. The first-order valence-electron chi connectivity index (χ1n) is 10.6. The van der Waals surface area contributed by atoms with Crippen molar-refractivity contribution in [2.45, 2.75) is 51.4 Å². The van der Waals surface area contributed by atoms with Crippen LogP contribution in [0.1, 0.15) is 44.6 Å². The van der Waals surface area contributed by atoms with E-state index in [1.807, 2.05) is 11.8 Å². The lowest BCUT2D eigenvalue weighted by Crippen LogP contribution is -2.31. The molecule has 0 saturated carbocycles. The molecule has 0 aromatic carbocycles. The molecule has 2 fully saturated rings. The Kier molecular flexibility index (Phi) is 7.91. The Hall–Kier alpha value is -2.09. The van der Waals surface area contributed by atoms with Gasteiger partial charge in [0.1, 0.15) is 29.5 Å². The molecule has 2 saturated heterocycles. The van der Waals surface area contributed by atoms with Crippen molar-refractivity contribution in [2.75, 3.05) is 38.5 Å². The van der Waals surface area contributed by atoms with Gasteiger partial charge in [0.15, 0.2) is 5.57 Å². The molecule has 0 amide bonds. The number of hydrogen-bond acceptors (Lipinski definition) is 7. The summed E-state index contributed by atoms with van der Waals surface area (Å²) in [6.45, 7) is 10.0. The smallest absolute Gasteiger partial charge is 0.169 e. The van der Waals surface area contributed by atoms with Crippen molar-refractivity contribution >= 4 is 11.8 Å². The minimum Gasteiger partial charge on any atom is -0.464 e. The fourth-order valence-corrected chi connectivity index (χ4v) is 4.89. The van der Waals surface area contributed by atoms with Gasteiger partial charge in [0.2, 0.25) is 0 Å². The van der Waals surface area contributed by atoms with Gasteiger partial charge in [-0.25, -0.2) is 0 Å². The Morgan fingerprint density at radius 2 is 1.79 bits per heavy atom. The van der Waals surface area contributed by atoms with Crippen molar-refractivity contribution in [3.05, 3.63) is 35.0 Å². The molecule has 0 spiro atoms. The topological polar surface area (TPSA) is 70.4 Å².